The zero-order valence-electron chi connectivity index (χ0n) is 19.2. The van der Waals surface area contributed by atoms with Gasteiger partial charge in [0.2, 0.25) is 5.88 Å². The van der Waals surface area contributed by atoms with Crippen LogP contribution in [0.2, 0.25) is 0 Å². The van der Waals surface area contributed by atoms with E-state index in [9.17, 15) is 31.1 Å². The number of carbonyl (C=O) groups excluding carboxylic acids is 1. The van der Waals surface area contributed by atoms with Gasteiger partial charge in [0.1, 0.15) is 11.2 Å². The third-order valence-corrected chi connectivity index (χ3v) is 5.06. The molecule has 2 rings (SSSR count). The number of fused-ring (bicyclic) bond motifs is 1. The van der Waals surface area contributed by atoms with Crippen molar-refractivity contribution in [1.29, 1.82) is 0 Å². The van der Waals surface area contributed by atoms with Crippen molar-refractivity contribution in [3.05, 3.63) is 23.4 Å². The molecule has 3 N–H and O–H groups in total. The molecule has 192 valence electrons. The highest BCUT2D eigenvalue weighted by Gasteiger charge is 2.56. The second-order valence-corrected chi connectivity index (χ2v) is 8.50. The van der Waals surface area contributed by atoms with Crippen molar-refractivity contribution in [2.75, 3.05) is 13.2 Å². The number of carbonyl (C=O) groups is 1. The Hall–Kier alpha value is -2.70. The number of halogens is 6. The molecule has 0 radical (unpaired) electrons. The summed E-state index contributed by atoms with van der Waals surface area (Å²) in [7, 11) is 0. The maximum atomic E-state index is 12.8. The molecule has 1 atom stereocenters. The second kappa shape index (κ2) is 10.3. The highest BCUT2D eigenvalue weighted by atomic mass is 19.4. The second-order valence-electron chi connectivity index (χ2n) is 8.50. The van der Waals surface area contributed by atoms with E-state index in [0.717, 1.165) is 10.9 Å². The van der Waals surface area contributed by atoms with Crippen molar-refractivity contribution in [1.82, 2.24) is 14.9 Å². The van der Waals surface area contributed by atoms with Crippen molar-refractivity contribution >= 4 is 11.6 Å². The largest absolute Gasteiger partial charge is 0.478 e. The molecule has 0 fully saturated rings. The average Bonchev–Trinajstić information content (AvgIpc) is 2.97. The van der Waals surface area contributed by atoms with Gasteiger partial charge in [-0.15, -0.1) is 0 Å². The number of amides is 1. The number of aryl methyl sites for hydroxylation is 2. The molecule has 2 aromatic heterocycles. The van der Waals surface area contributed by atoms with E-state index in [1.54, 1.807) is 19.9 Å². The quantitative estimate of drug-likeness (QED) is 0.472. The van der Waals surface area contributed by atoms with E-state index in [0.29, 0.717) is 12.0 Å². The number of alkyl halides is 6. The van der Waals surface area contributed by atoms with Crippen LogP contribution in [0.25, 0.3) is 5.52 Å². The molecular weight excluding hydrogens is 470 g/mol. The summed E-state index contributed by atoms with van der Waals surface area (Å²) in [5, 5.41) is 6.73. The Morgan fingerprint density at radius 3 is 2.35 bits per heavy atom. The zero-order chi connectivity index (χ0) is 25.9. The SMILES string of the molecule is CCCC(C)(N)CNC(=O)Oc1c(C)nn2c(OCCC(C(F)(F)F)C(F)(F)F)cc(C)cc12. The number of aromatic nitrogens is 2. The molecule has 0 saturated carbocycles. The smallest absolute Gasteiger partial charge is 0.412 e. The Kier molecular flexibility index (Phi) is 8.33. The summed E-state index contributed by atoms with van der Waals surface area (Å²) in [5.41, 5.74) is 6.54. The van der Waals surface area contributed by atoms with E-state index < -0.39 is 42.9 Å². The zero-order valence-corrected chi connectivity index (χ0v) is 19.2. The Bertz CT molecular complexity index is 987. The maximum absolute atomic E-state index is 12.8. The molecular formula is C21H28F6N4O3. The van der Waals surface area contributed by atoms with E-state index in [1.807, 2.05) is 6.92 Å². The van der Waals surface area contributed by atoms with Crippen LogP contribution in [0.15, 0.2) is 12.1 Å². The molecule has 0 aliphatic carbocycles. The first-order valence-electron chi connectivity index (χ1n) is 10.6. The minimum absolute atomic E-state index is 0.0729. The summed E-state index contributed by atoms with van der Waals surface area (Å²) >= 11 is 0. The Morgan fingerprint density at radius 1 is 1.18 bits per heavy atom. The first-order chi connectivity index (χ1) is 15.5. The average molecular weight is 498 g/mol. The van der Waals surface area contributed by atoms with Gasteiger partial charge in [-0.1, -0.05) is 13.3 Å². The van der Waals surface area contributed by atoms with Crippen LogP contribution in [-0.2, 0) is 0 Å². The third kappa shape index (κ3) is 7.15. The molecule has 1 amide bonds. The predicted molar refractivity (Wildman–Crippen MR) is 112 cm³/mol. The van der Waals surface area contributed by atoms with Gasteiger partial charge in [-0.05, 0) is 38.8 Å². The lowest BCUT2D eigenvalue weighted by atomic mass is 9.98. The van der Waals surface area contributed by atoms with Gasteiger partial charge < -0.3 is 20.5 Å². The van der Waals surface area contributed by atoms with E-state index in [2.05, 4.69) is 10.4 Å². The van der Waals surface area contributed by atoms with Crippen LogP contribution in [0.1, 0.15) is 44.4 Å². The molecule has 0 bridgehead atoms. The Labute approximate surface area is 192 Å². The number of hydrogen-bond donors (Lipinski definition) is 2. The molecule has 1 unspecified atom stereocenters. The number of pyridine rings is 1. The van der Waals surface area contributed by atoms with Crippen molar-refractivity contribution in [2.24, 2.45) is 11.7 Å². The van der Waals surface area contributed by atoms with E-state index >= 15 is 0 Å². The topological polar surface area (TPSA) is 90.9 Å². The lowest BCUT2D eigenvalue weighted by Crippen LogP contribution is -2.48. The van der Waals surface area contributed by atoms with Crippen molar-refractivity contribution in [2.45, 2.75) is 64.8 Å². The van der Waals surface area contributed by atoms with E-state index in [4.69, 9.17) is 15.2 Å². The summed E-state index contributed by atoms with van der Waals surface area (Å²) in [5.74, 6) is -3.53. The minimum Gasteiger partial charge on any atom is -0.478 e. The number of nitrogens with two attached hydrogens (primary N) is 1. The fourth-order valence-corrected chi connectivity index (χ4v) is 3.42. The number of nitrogens with one attached hydrogen (secondary N) is 1. The predicted octanol–water partition coefficient (Wildman–Crippen LogP) is 5.07. The van der Waals surface area contributed by atoms with Crippen LogP contribution in [0.4, 0.5) is 31.1 Å². The molecule has 34 heavy (non-hydrogen) atoms. The standard InChI is InChI=1S/C21H28F6N4O3/c1-5-7-19(4,28)11-29-18(32)34-17-13(3)30-31-14(17)9-12(2)10-16(31)33-8-6-15(20(22,23)24)21(25,26)27/h9-10,15H,5-8,11,28H2,1-4H3,(H,29,32). The van der Waals surface area contributed by atoms with Gasteiger partial charge in [-0.3, -0.25) is 0 Å². The van der Waals surface area contributed by atoms with Crippen molar-refractivity contribution in [3.63, 3.8) is 0 Å². The lowest BCUT2D eigenvalue weighted by Gasteiger charge is -2.23. The normalized spacial score (nSPS) is 14.4. The van der Waals surface area contributed by atoms with Gasteiger partial charge in [0, 0.05) is 24.6 Å². The molecule has 0 aliphatic rings. The summed E-state index contributed by atoms with van der Waals surface area (Å²) in [4.78, 5) is 12.3. The number of rotatable bonds is 9. The fourth-order valence-electron chi connectivity index (χ4n) is 3.42. The summed E-state index contributed by atoms with van der Waals surface area (Å²) in [6.45, 7) is 6.21. The van der Waals surface area contributed by atoms with Gasteiger partial charge in [0.15, 0.2) is 11.7 Å². The number of hydrogen-bond acceptors (Lipinski definition) is 5. The van der Waals surface area contributed by atoms with Crippen LogP contribution in [0.3, 0.4) is 0 Å². The van der Waals surface area contributed by atoms with E-state index in [1.165, 1.54) is 13.0 Å². The maximum Gasteiger partial charge on any atom is 0.412 e. The van der Waals surface area contributed by atoms with Gasteiger partial charge >= 0.3 is 18.4 Å². The van der Waals surface area contributed by atoms with Crippen molar-refractivity contribution < 1.29 is 40.6 Å². The molecule has 2 heterocycles. The summed E-state index contributed by atoms with van der Waals surface area (Å²) < 4.78 is 88.3. The number of ether oxygens (including phenoxy) is 2. The van der Waals surface area contributed by atoms with Gasteiger partial charge in [-0.2, -0.15) is 36.0 Å². The Balaban J connectivity index is 2.19. The highest BCUT2D eigenvalue weighted by molar-refractivity contribution is 5.76. The van der Waals surface area contributed by atoms with Gasteiger partial charge in [-0.25, -0.2) is 4.79 Å². The van der Waals surface area contributed by atoms with Gasteiger partial charge in [0.25, 0.3) is 0 Å². The minimum atomic E-state index is -5.45. The summed E-state index contributed by atoms with van der Waals surface area (Å²) in [6, 6.07) is 3.00. The lowest BCUT2D eigenvalue weighted by molar-refractivity contribution is -0.286. The van der Waals surface area contributed by atoms with Crippen LogP contribution in [0, 0.1) is 19.8 Å². The van der Waals surface area contributed by atoms with Crippen LogP contribution in [0.5, 0.6) is 11.6 Å². The first kappa shape index (κ1) is 27.5. The molecule has 0 spiro atoms. The van der Waals surface area contributed by atoms with Crippen molar-refractivity contribution in [3.8, 4) is 11.6 Å². The first-order valence-corrected chi connectivity index (χ1v) is 10.6. The van der Waals surface area contributed by atoms with Crippen LogP contribution < -0.4 is 20.5 Å². The van der Waals surface area contributed by atoms with Crippen LogP contribution in [-0.4, -0.2) is 46.8 Å². The molecule has 13 heteroatoms. The fraction of sp³-hybridized carbons (Fsp3) is 0.619. The molecule has 0 saturated heterocycles. The molecule has 0 aromatic carbocycles. The molecule has 0 aliphatic heterocycles. The Morgan fingerprint density at radius 2 is 1.79 bits per heavy atom. The highest BCUT2D eigenvalue weighted by Crippen LogP contribution is 2.41. The summed E-state index contributed by atoms with van der Waals surface area (Å²) in [6.07, 6.45) is -11.5. The van der Waals surface area contributed by atoms with E-state index in [-0.39, 0.29) is 29.4 Å². The monoisotopic (exact) mass is 498 g/mol. The number of nitrogens with zero attached hydrogens (tertiary/aromatic N) is 2. The molecule has 7 nitrogen and oxygen atoms in total. The third-order valence-electron chi connectivity index (χ3n) is 5.06. The van der Waals surface area contributed by atoms with Crippen LogP contribution >= 0.6 is 0 Å². The van der Waals surface area contributed by atoms with Gasteiger partial charge in [0.05, 0.1) is 6.61 Å². The molecule has 2 aromatic rings.